The quantitative estimate of drug-likeness (QED) is 0.556. The van der Waals surface area contributed by atoms with Crippen molar-refractivity contribution < 1.29 is 13.5 Å². The normalized spacial score (nSPS) is 11.8. The van der Waals surface area contributed by atoms with Gasteiger partial charge in [-0.05, 0) is 43.9 Å². The summed E-state index contributed by atoms with van der Waals surface area (Å²) in [7, 11) is -1.95. The van der Waals surface area contributed by atoms with Crippen LogP contribution < -0.4 is 5.73 Å². The molecule has 1 aromatic rings. The lowest BCUT2D eigenvalue weighted by Crippen LogP contribution is -2.28. The van der Waals surface area contributed by atoms with Gasteiger partial charge in [0.15, 0.2) is 0 Å². The highest BCUT2D eigenvalue weighted by atomic mass is 32.2. The largest absolute Gasteiger partial charge is 0.396 e. The highest BCUT2D eigenvalue weighted by molar-refractivity contribution is 7.89. The van der Waals surface area contributed by atoms with Crippen LogP contribution in [0.25, 0.3) is 0 Å². The van der Waals surface area contributed by atoms with E-state index >= 15 is 0 Å². The van der Waals surface area contributed by atoms with Gasteiger partial charge in [-0.25, -0.2) is 12.7 Å². The van der Waals surface area contributed by atoms with Crippen molar-refractivity contribution in [3.05, 3.63) is 29.3 Å². The Labute approximate surface area is 131 Å². The summed E-state index contributed by atoms with van der Waals surface area (Å²) in [5, 5.41) is 8.72. The topological polar surface area (TPSA) is 83.6 Å². The van der Waals surface area contributed by atoms with Crippen LogP contribution in [0.3, 0.4) is 0 Å². The van der Waals surface area contributed by atoms with Gasteiger partial charge in [0.25, 0.3) is 0 Å². The molecule has 0 heterocycles. The maximum absolute atomic E-state index is 12.5. The Balaban J connectivity index is 2.89. The van der Waals surface area contributed by atoms with Crippen LogP contribution in [0.15, 0.2) is 23.1 Å². The molecule has 7 heteroatoms. The van der Waals surface area contributed by atoms with E-state index in [2.05, 4.69) is 0 Å². The molecule has 5 nitrogen and oxygen atoms in total. The summed E-state index contributed by atoms with van der Waals surface area (Å²) >= 11 is 4.89. The predicted octanol–water partition coefficient (Wildman–Crippen LogP) is 1.41. The van der Waals surface area contributed by atoms with Gasteiger partial charge in [-0.3, -0.25) is 0 Å². The number of unbranched alkanes of at least 4 members (excludes halogenated alkanes) is 2. The first-order valence-electron chi connectivity index (χ1n) is 6.78. The Hall–Kier alpha value is -1.02. The van der Waals surface area contributed by atoms with Gasteiger partial charge < -0.3 is 10.8 Å². The molecular weight excluding hydrogens is 308 g/mol. The third kappa shape index (κ3) is 4.74. The average molecular weight is 330 g/mol. The van der Waals surface area contributed by atoms with Gasteiger partial charge >= 0.3 is 0 Å². The summed E-state index contributed by atoms with van der Waals surface area (Å²) in [5.74, 6) is 0. The molecule has 1 rings (SSSR count). The van der Waals surface area contributed by atoms with E-state index in [1.165, 1.54) is 4.31 Å². The van der Waals surface area contributed by atoms with E-state index < -0.39 is 10.0 Å². The van der Waals surface area contributed by atoms with Crippen LogP contribution in [0, 0.1) is 6.92 Å². The molecule has 0 saturated heterocycles. The number of rotatable bonds is 8. The Kier molecular flexibility index (Phi) is 6.73. The number of nitrogens with zero attached hydrogens (tertiary/aromatic N) is 1. The molecular formula is C14H22N2O3S2. The van der Waals surface area contributed by atoms with Crippen LogP contribution in [0.5, 0.6) is 0 Å². The molecule has 21 heavy (non-hydrogen) atoms. The SMILES string of the molecule is Cc1cc(C(N)=S)ccc1S(=O)(=O)N(C)CCCCCO. The summed E-state index contributed by atoms with van der Waals surface area (Å²) in [6.45, 7) is 2.29. The molecule has 0 unspecified atom stereocenters. The Morgan fingerprint density at radius 1 is 1.33 bits per heavy atom. The molecule has 0 atom stereocenters. The van der Waals surface area contributed by atoms with Crippen molar-refractivity contribution >= 4 is 27.2 Å². The van der Waals surface area contributed by atoms with E-state index in [0.717, 1.165) is 12.8 Å². The minimum Gasteiger partial charge on any atom is -0.396 e. The molecule has 0 amide bonds. The third-order valence-electron chi connectivity index (χ3n) is 3.28. The van der Waals surface area contributed by atoms with Crippen molar-refractivity contribution in [1.29, 1.82) is 0 Å². The maximum atomic E-state index is 12.5. The number of sulfonamides is 1. The molecule has 0 bridgehead atoms. The molecule has 0 radical (unpaired) electrons. The first-order chi connectivity index (χ1) is 9.80. The second-order valence-corrected chi connectivity index (χ2v) is 7.41. The lowest BCUT2D eigenvalue weighted by atomic mass is 10.1. The predicted molar refractivity (Wildman–Crippen MR) is 87.8 cm³/mol. The molecule has 0 aromatic heterocycles. The maximum Gasteiger partial charge on any atom is 0.243 e. The molecule has 0 aliphatic carbocycles. The Morgan fingerprint density at radius 2 is 2.00 bits per heavy atom. The van der Waals surface area contributed by atoms with Gasteiger partial charge in [-0.1, -0.05) is 18.3 Å². The third-order valence-corrected chi connectivity index (χ3v) is 5.53. The number of aliphatic hydroxyl groups excluding tert-OH is 1. The van der Waals surface area contributed by atoms with E-state index in [4.69, 9.17) is 23.1 Å². The summed E-state index contributed by atoms with van der Waals surface area (Å²) in [4.78, 5) is 0.520. The molecule has 118 valence electrons. The number of benzene rings is 1. The summed E-state index contributed by atoms with van der Waals surface area (Å²) in [6, 6.07) is 4.86. The van der Waals surface area contributed by atoms with Crippen LogP contribution in [0.2, 0.25) is 0 Å². The van der Waals surface area contributed by atoms with Crippen molar-refractivity contribution in [2.45, 2.75) is 31.1 Å². The standard InChI is InChI=1S/C14H22N2O3S2/c1-11-10-12(14(15)20)6-7-13(11)21(18,19)16(2)8-4-3-5-9-17/h6-7,10,17H,3-5,8-9H2,1-2H3,(H2,15,20). The summed E-state index contributed by atoms with van der Waals surface area (Å²) in [5.41, 5.74) is 6.83. The van der Waals surface area contributed by atoms with Gasteiger partial charge in [-0.15, -0.1) is 0 Å². The molecule has 0 spiro atoms. The van der Waals surface area contributed by atoms with Crippen molar-refractivity contribution in [3.8, 4) is 0 Å². The minimum absolute atomic E-state index is 0.135. The minimum atomic E-state index is -3.51. The number of aryl methyl sites for hydroxylation is 1. The lowest BCUT2D eigenvalue weighted by molar-refractivity contribution is 0.281. The molecule has 0 saturated carbocycles. The van der Waals surface area contributed by atoms with E-state index in [1.807, 2.05) is 0 Å². The highest BCUT2D eigenvalue weighted by Gasteiger charge is 2.22. The highest BCUT2D eigenvalue weighted by Crippen LogP contribution is 2.20. The molecule has 0 aliphatic heterocycles. The molecule has 3 N–H and O–H groups in total. The summed E-state index contributed by atoms with van der Waals surface area (Å²) < 4.78 is 26.4. The van der Waals surface area contributed by atoms with Gasteiger partial charge in [0.2, 0.25) is 10.0 Å². The van der Waals surface area contributed by atoms with Gasteiger partial charge in [-0.2, -0.15) is 0 Å². The van der Waals surface area contributed by atoms with Crippen LogP contribution in [0.4, 0.5) is 0 Å². The number of hydrogen-bond donors (Lipinski definition) is 2. The van der Waals surface area contributed by atoms with E-state index in [1.54, 1.807) is 32.2 Å². The molecule has 0 fully saturated rings. The van der Waals surface area contributed by atoms with Crippen molar-refractivity contribution in [1.82, 2.24) is 4.31 Å². The molecule has 0 aliphatic rings. The van der Waals surface area contributed by atoms with E-state index in [-0.39, 0.29) is 16.5 Å². The fourth-order valence-electron chi connectivity index (χ4n) is 2.00. The van der Waals surface area contributed by atoms with Crippen LogP contribution in [-0.4, -0.2) is 43.0 Å². The zero-order valence-corrected chi connectivity index (χ0v) is 14.0. The number of hydrogen-bond acceptors (Lipinski definition) is 4. The number of thiocarbonyl (C=S) groups is 1. The van der Waals surface area contributed by atoms with E-state index in [9.17, 15) is 8.42 Å². The first-order valence-corrected chi connectivity index (χ1v) is 8.63. The fourth-order valence-corrected chi connectivity index (χ4v) is 3.54. The zero-order valence-electron chi connectivity index (χ0n) is 12.4. The zero-order chi connectivity index (χ0) is 16.0. The lowest BCUT2D eigenvalue weighted by Gasteiger charge is -2.18. The number of aliphatic hydroxyl groups is 1. The monoisotopic (exact) mass is 330 g/mol. The van der Waals surface area contributed by atoms with Crippen LogP contribution in [-0.2, 0) is 10.0 Å². The Morgan fingerprint density at radius 3 is 2.52 bits per heavy atom. The van der Waals surface area contributed by atoms with Gasteiger partial charge in [0.05, 0.1) is 4.90 Å². The van der Waals surface area contributed by atoms with Gasteiger partial charge in [0, 0.05) is 25.8 Å². The fraction of sp³-hybridized carbons (Fsp3) is 0.500. The second kappa shape index (κ2) is 7.84. The van der Waals surface area contributed by atoms with E-state index in [0.29, 0.717) is 24.1 Å². The van der Waals surface area contributed by atoms with Crippen molar-refractivity contribution in [3.63, 3.8) is 0 Å². The van der Waals surface area contributed by atoms with Crippen LogP contribution in [0.1, 0.15) is 30.4 Å². The first kappa shape index (κ1) is 18.0. The summed E-state index contributed by atoms with van der Waals surface area (Å²) in [6.07, 6.45) is 2.21. The van der Waals surface area contributed by atoms with Crippen molar-refractivity contribution in [2.75, 3.05) is 20.2 Å². The second-order valence-electron chi connectivity index (χ2n) is 4.96. The van der Waals surface area contributed by atoms with Crippen molar-refractivity contribution in [2.24, 2.45) is 5.73 Å². The molecule has 1 aromatic carbocycles. The number of nitrogens with two attached hydrogens (primary N) is 1. The average Bonchev–Trinajstić information content (AvgIpc) is 2.42. The smallest absolute Gasteiger partial charge is 0.243 e. The van der Waals surface area contributed by atoms with Crippen LogP contribution >= 0.6 is 12.2 Å². The van der Waals surface area contributed by atoms with Gasteiger partial charge in [0.1, 0.15) is 4.99 Å². The Bertz CT molecular complexity index is 600.